The van der Waals surface area contributed by atoms with Gasteiger partial charge in [0.2, 0.25) is 0 Å². The molecule has 138 valence electrons. The molecule has 0 aliphatic rings. The molecule has 0 aliphatic heterocycles. The van der Waals surface area contributed by atoms with Crippen LogP contribution in [0.15, 0.2) is 53.6 Å². The van der Waals surface area contributed by atoms with Crippen molar-refractivity contribution >= 4 is 23.1 Å². The Morgan fingerprint density at radius 1 is 1.07 bits per heavy atom. The Kier molecular flexibility index (Phi) is 5.30. The molecule has 0 radical (unpaired) electrons. The average Bonchev–Trinajstić information content (AvgIpc) is 2.67. The normalized spacial score (nSPS) is 10.6. The average molecular weight is 364 g/mol. The first kappa shape index (κ1) is 18.3. The minimum atomic E-state index is -0.549. The lowest BCUT2D eigenvalue weighted by Crippen LogP contribution is -2.27. The highest BCUT2D eigenvalue weighted by atomic mass is 16.2. The van der Waals surface area contributed by atoms with Crippen molar-refractivity contribution in [2.75, 3.05) is 11.9 Å². The number of rotatable bonds is 5. The van der Waals surface area contributed by atoms with E-state index in [0.717, 1.165) is 12.0 Å². The fourth-order valence-corrected chi connectivity index (χ4v) is 2.58. The second-order valence-electron chi connectivity index (χ2n) is 6.20. The van der Waals surface area contributed by atoms with Crippen LogP contribution in [0.25, 0.3) is 5.65 Å². The Bertz CT molecular complexity index is 1060. The molecule has 2 heterocycles. The molecular formula is C20H20N4O3. The number of carbonyl (C=O) groups is 2. The SMILES string of the molecule is CCCNC(=O)c1ccc(NC(=O)c2cnc3ccc(C)cn3c2=O)cc1. The van der Waals surface area contributed by atoms with E-state index in [9.17, 15) is 14.4 Å². The van der Waals surface area contributed by atoms with Crippen LogP contribution in [-0.4, -0.2) is 27.7 Å². The van der Waals surface area contributed by atoms with E-state index in [2.05, 4.69) is 15.6 Å². The smallest absolute Gasteiger partial charge is 0.270 e. The Hall–Kier alpha value is -3.48. The number of anilines is 1. The maximum Gasteiger partial charge on any atom is 0.270 e. The summed E-state index contributed by atoms with van der Waals surface area (Å²) in [4.78, 5) is 41.1. The zero-order valence-corrected chi connectivity index (χ0v) is 15.2. The Morgan fingerprint density at radius 2 is 1.81 bits per heavy atom. The topological polar surface area (TPSA) is 92.6 Å². The lowest BCUT2D eigenvalue weighted by atomic mass is 10.2. The second kappa shape index (κ2) is 7.82. The molecule has 2 N–H and O–H groups in total. The van der Waals surface area contributed by atoms with E-state index < -0.39 is 11.5 Å². The molecule has 1 aromatic carbocycles. The summed E-state index contributed by atoms with van der Waals surface area (Å²) in [5.74, 6) is -0.714. The van der Waals surface area contributed by atoms with Gasteiger partial charge in [0.1, 0.15) is 11.2 Å². The summed E-state index contributed by atoms with van der Waals surface area (Å²) in [5, 5.41) is 5.45. The van der Waals surface area contributed by atoms with Crippen LogP contribution >= 0.6 is 0 Å². The van der Waals surface area contributed by atoms with Gasteiger partial charge in [-0.15, -0.1) is 0 Å². The first-order valence-corrected chi connectivity index (χ1v) is 8.67. The zero-order valence-electron chi connectivity index (χ0n) is 15.2. The second-order valence-corrected chi connectivity index (χ2v) is 6.20. The number of aryl methyl sites for hydroxylation is 1. The van der Waals surface area contributed by atoms with Crippen LogP contribution in [0.2, 0.25) is 0 Å². The number of fused-ring (bicyclic) bond motifs is 1. The Morgan fingerprint density at radius 3 is 2.52 bits per heavy atom. The molecule has 2 aromatic heterocycles. The van der Waals surface area contributed by atoms with Crippen molar-refractivity contribution < 1.29 is 9.59 Å². The first-order chi connectivity index (χ1) is 13.0. The molecule has 0 unspecified atom stereocenters. The molecule has 2 amide bonds. The molecule has 3 aromatic rings. The van der Waals surface area contributed by atoms with Gasteiger partial charge < -0.3 is 10.6 Å². The lowest BCUT2D eigenvalue weighted by Gasteiger charge is -2.08. The van der Waals surface area contributed by atoms with E-state index in [-0.39, 0.29) is 11.5 Å². The van der Waals surface area contributed by atoms with Crippen LogP contribution in [0.1, 0.15) is 39.6 Å². The van der Waals surface area contributed by atoms with Crippen LogP contribution in [-0.2, 0) is 0 Å². The maximum atomic E-state index is 12.6. The summed E-state index contributed by atoms with van der Waals surface area (Å²) in [6.45, 7) is 4.44. The number of nitrogens with zero attached hydrogens (tertiary/aromatic N) is 2. The molecule has 0 spiro atoms. The molecule has 27 heavy (non-hydrogen) atoms. The summed E-state index contributed by atoms with van der Waals surface area (Å²) in [7, 11) is 0. The lowest BCUT2D eigenvalue weighted by molar-refractivity contribution is 0.0953. The van der Waals surface area contributed by atoms with Gasteiger partial charge in [0.25, 0.3) is 17.4 Å². The number of hydrogen-bond acceptors (Lipinski definition) is 4. The number of benzene rings is 1. The van der Waals surface area contributed by atoms with Crippen LogP contribution < -0.4 is 16.2 Å². The monoisotopic (exact) mass is 364 g/mol. The van der Waals surface area contributed by atoms with Crippen molar-refractivity contribution in [1.29, 1.82) is 0 Å². The standard InChI is InChI=1S/C20H20N4O3/c1-3-10-21-18(25)14-5-7-15(8-6-14)23-19(26)16-11-22-17-9-4-13(2)12-24(17)20(16)27/h4-9,11-12H,3,10H2,1-2H3,(H,21,25)(H,23,26). The third-order valence-corrected chi connectivity index (χ3v) is 4.04. The van der Waals surface area contributed by atoms with Crippen LogP contribution in [0.5, 0.6) is 0 Å². The van der Waals surface area contributed by atoms with E-state index in [1.165, 1.54) is 10.6 Å². The number of amides is 2. The molecule has 3 rings (SSSR count). The van der Waals surface area contributed by atoms with Gasteiger partial charge in [0, 0.05) is 30.2 Å². The first-order valence-electron chi connectivity index (χ1n) is 8.67. The molecule has 0 saturated carbocycles. The van der Waals surface area contributed by atoms with Gasteiger partial charge in [0.05, 0.1) is 0 Å². The molecule has 0 bridgehead atoms. The summed E-state index contributed by atoms with van der Waals surface area (Å²) >= 11 is 0. The number of nitrogens with one attached hydrogen (secondary N) is 2. The molecule has 0 saturated heterocycles. The number of hydrogen-bond donors (Lipinski definition) is 2. The molecule has 7 heteroatoms. The highest BCUT2D eigenvalue weighted by molar-refractivity contribution is 6.04. The van der Waals surface area contributed by atoms with Crippen LogP contribution in [0.4, 0.5) is 5.69 Å². The fourth-order valence-electron chi connectivity index (χ4n) is 2.58. The summed E-state index contributed by atoms with van der Waals surface area (Å²) < 4.78 is 1.35. The summed E-state index contributed by atoms with van der Waals surface area (Å²) in [6, 6.07) is 10.1. The van der Waals surface area contributed by atoms with Crippen molar-refractivity contribution in [1.82, 2.24) is 14.7 Å². The Labute approximate surface area is 156 Å². The van der Waals surface area contributed by atoms with E-state index in [4.69, 9.17) is 0 Å². The number of aromatic nitrogens is 2. The highest BCUT2D eigenvalue weighted by Crippen LogP contribution is 2.11. The van der Waals surface area contributed by atoms with Gasteiger partial charge in [-0.1, -0.05) is 13.0 Å². The van der Waals surface area contributed by atoms with Crippen molar-refractivity contribution in [3.63, 3.8) is 0 Å². The van der Waals surface area contributed by atoms with E-state index >= 15 is 0 Å². The predicted molar refractivity (Wildman–Crippen MR) is 103 cm³/mol. The van der Waals surface area contributed by atoms with Gasteiger partial charge >= 0.3 is 0 Å². The minimum absolute atomic E-state index is 0.0529. The Balaban J connectivity index is 1.79. The quantitative estimate of drug-likeness (QED) is 0.727. The molecule has 0 atom stereocenters. The van der Waals surface area contributed by atoms with Crippen LogP contribution in [0, 0.1) is 6.92 Å². The highest BCUT2D eigenvalue weighted by Gasteiger charge is 2.14. The van der Waals surface area contributed by atoms with Crippen LogP contribution in [0.3, 0.4) is 0 Å². The van der Waals surface area contributed by atoms with Gasteiger partial charge in [-0.05, 0) is 49.2 Å². The molecular weight excluding hydrogens is 344 g/mol. The van der Waals surface area contributed by atoms with E-state index in [1.807, 2.05) is 19.9 Å². The third-order valence-electron chi connectivity index (χ3n) is 4.04. The van der Waals surface area contributed by atoms with Crippen molar-refractivity contribution in [2.24, 2.45) is 0 Å². The van der Waals surface area contributed by atoms with Crippen molar-refractivity contribution in [3.8, 4) is 0 Å². The molecule has 0 aliphatic carbocycles. The minimum Gasteiger partial charge on any atom is -0.352 e. The van der Waals surface area contributed by atoms with Gasteiger partial charge in [-0.3, -0.25) is 18.8 Å². The molecule has 7 nitrogen and oxygen atoms in total. The van der Waals surface area contributed by atoms with Gasteiger partial charge in [-0.25, -0.2) is 4.98 Å². The number of carbonyl (C=O) groups excluding carboxylic acids is 2. The van der Waals surface area contributed by atoms with E-state index in [0.29, 0.717) is 23.4 Å². The van der Waals surface area contributed by atoms with Crippen molar-refractivity contribution in [3.05, 3.63) is 75.8 Å². The summed E-state index contributed by atoms with van der Waals surface area (Å²) in [6.07, 6.45) is 3.77. The largest absolute Gasteiger partial charge is 0.352 e. The fraction of sp³-hybridized carbons (Fsp3) is 0.200. The third kappa shape index (κ3) is 4.03. The van der Waals surface area contributed by atoms with E-state index in [1.54, 1.807) is 36.5 Å². The predicted octanol–water partition coefficient (Wildman–Crippen LogP) is 2.40. The maximum absolute atomic E-state index is 12.6. The number of pyridine rings is 1. The van der Waals surface area contributed by atoms with Gasteiger partial charge in [-0.2, -0.15) is 0 Å². The zero-order chi connectivity index (χ0) is 19.4. The van der Waals surface area contributed by atoms with Gasteiger partial charge in [0.15, 0.2) is 0 Å². The molecule has 0 fully saturated rings. The summed E-state index contributed by atoms with van der Waals surface area (Å²) in [5.41, 5.74) is 1.87. The van der Waals surface area contributed by atoms with Crippen molar-refractivity contribution in [2.45, 2.75) is 20.3 Å².